The monoisotopic (exact) mass is 1220 g/mol. The average Bonchev–Trinajstić information content (AvgIpc) is 2.11. The number of ether oxygens (including phenoxy) is 15. The number of nitrogens with zero attached hydrogens (tertiary/aromatic N) is 2. The number of amides is 4. The lowest BCUT2D eigenvalue weighted by atomic mass is 9.93. The van der Waals surface area contributed by atoms with Gasteiger partial charge in [0, 0.05) is 54.6 Å². The Morgan fingerprint density at radius 2 is 0.862 bits per heavy atom. The second-order valence-corrected chi connectivity index (χ2v) is 20.4. The molecule has 0 bridgehead atoms. The predicted octanol–water partition coefficient (Wildman–Crippen LogP) is 2.64. The van der Waals surface area contributed by atoms with Crippen LogP contribution in [0.25, 0.3) is 0 Å². The molecule has 5 heterocycles. The molecule has 3 fully saturated rings. The molecule has 472 valence electrons. The highest BCUT2D eigenvalue weighted by atomic mass is 16.8. The van der Waals surface area contributed by atoms with Gasteiger partial charge >= 0.3 is 41.8 Å². The number of hydrogen-bond acceptors (Lipinski definition) is 26. The lowest BCUT2D eigenvalue weighted by molar-refractivity contribution is -0.364. The number of unbranched alkanes of at least 4 members (excludes halogenated alkanes) is 2. The zero-order chi connectivity index (χ0) is 63.2. The number of imide groups is 2. The maximum absolute atomic E-state index is 14.7. The van der Waals surface area contributed by atoms with E-state index in [0.717, 1.165) is 46.4 Å². The van der Waals surface area contributed by atoms with E-state index in [4.69, 9.17) is 71.1 Å². The number of benzene rings is 2. The molecule has 2 aromatic rings. The SMILES string of the molecule is C=CCO[C@H]1[C@@H](O[C@@H]2O[C@H](COC(C)=O)[C@@H](OC(C)=O)[C@H](OC(C)=O)[C@@H]2N2C(=O)c3ccccc3C2=O)[C@@H](CO[C@@H]2O[C@H](COC(C)=O)[C@@H](OC(C)=O)[C@H](OC(C)=O)[C@@H]2N2C(=O)c3ccccc3C2=O)O[C@H](OCCCCCC(=O)OC)[C@@H]1OCC=C. The van der Waals surface area contributed by atoms with E-state index in [1.807, 2.05) is 0 Å². The van der Waals surface area contributed by atoms with Gasteiger partial charge < -0.3 is 71.1 Å². The summed E-state index contributed by atoms with van der Waals surface area (Å²) in [4.78, 5) is 149. The predicted molar refractivity (Wildman–Crippen MR) is 290 cm³/mol. The zero-order valence-electron chi connectivity index (χ0n) is 48.9. The minimum absolute atomic E-state index is 0.0347. The Hall–Kier alpha value is -7.83. The standard InChI is InChI=1S/C59H70N2O26/c1-10-24-74-51-48(87-58-45(61-55(71)38-21-16-17-22-39(38)56(61)72)50(83-35(8)67)47(81-33(6)65)41(85-58)28-78-31(4)63)42(86-59(52(51)75-25-11-2)76-26-18-12-13-23-43(68)73-9)29-79-57-44(60-53(69)36-19-14-15-20-37(36)54(60)70)49(82-34(7)66)46(80-32(5)64)40(84-57)27-77-30(3)62/h10-11,14-17,19-22,40-42,44-52,57-59H,1-2,12-13,18,23-29H2,3-9H3/t40-,41-,42-,44+,45+,46-,47-,48+,49-,50-,51+,52-,57-,58+,59+/m1/s1. The number of carbonyl (C=O) groups is 11. The van der Waals surface area contributed by atoms with Crippen LogP contribution in [0.15, 0.2) is 73.8 Å². The van der Waals surface area contributed by atoms with Crippen molar-refractivity contribution in [2.24, 2.45) is 0 Å². The van der Waals surface area contributed by atoms with E-state index in [9.17, 15) is 52.7 Å². The van der Waals surface area contributed by atoms with Crippen molar-refractivity contribution >= 4 is 65.4 Å². The first-order valence-corrected chi connectivity index (χ1v) is 27.9. The molecule has 0 aromatic heterocycles. The highest BCUT2D eigenvalue weighted by molar-refractivity contribution is 6.22. The van der Waals surface area contributed by atoms with Crippen LogP contribution < -0.4 is 0 Å². The normalized spacial score (nSPS) is 28.4. The van der Waals surface area contributed by atoms with E-state index in [1.54, 1.807) is 0 Å². The third-order valence-corrected chi connectivity index (χ3v) is 14.2. The molecule has 0 N–H and O–H groups in total. The van der Waals surface area contributed by atoms with Crippen molar-refractivity contribution in [3.63, 3.8) is 0 Å². The smallest absolute Gasteiger partial charge is 0.305 e. The fourth-order valence-corrected chi connectivity index (χ4v) is 10.7. The lowest BCUT2D eigenvalue weighted by Crippen LogP contribution is -2.70. The van der Waals surface area contributed by atoms with Gasteiger partial charge in [0.25, 0.3) is 23.6 Å². The molecule has 5 aliphatic heterocycles. The molecule has 28 heteroatoms. The van der Waals surface area contributed by atoms with Crippen LogP contribution in [0, 0.1) is 0 Å². The molecule has 2 aromatic carbocycles. The fraction of sp³-hybridized carbons (Fsp3) is 0.542. The fourth-order valence-electron chi connectivity index (χ4n) is 10.7. The minimum atomic E-state index is -2.02. The number of fused-ring (bicyclic) bond motifs is 2. The van der Waals surface area contributed by atoms with Crippen molar-refractivity contribution in [1.82, 2.24) is 9.80 Å². The summed E-state index contributed by atoms with van der Waals surface area (Å²) in [5.74, 6) is -9.59. The van der Waals surface area contributed by atoms with Crippen LogP contribution in [0.1, 0.15) is 109 Å². The van der Waals surface area contributed by atoms with E-state index in [1.165, 1.54) is 67.8 Å². The van der Waals surface area contributed by atoms with E-state index in [2.05, 4.69) is 13.2 Å². The highest BCUT2D eigenvalue weighted by Gasteiger charge is 2.61. The number of rotatable bonds is 28. The topological polar surface area (TPSA) is 333 Å². The van der Waals surface area contributed by atoms with Crippen LogP contribution >= 0.6 is 0 Å². The first kappa shape index (κ1) is 66.7. The van der Waals surface area contributed by atoms with Crippen molar-refractivity contribution in [3.05, 3.63) is 96.1 Å². The molecule has 0 saturated carbocycles. The third-order valence-electron chi connectivity index (χ3n) is 14.2. The molecular formula is C59H70N2O26. The van der Waals surface area contributed by atoms with E-state index in [-0.39, 0.29) is 48.5 Å². The Balaban J connectivity index is 1.40. The molecule has 0 radical (unpaired) electrons. The van der Waals surface area contributed by atoms with Crippen LogP contribution in [0.5, 0.6) is 0 Å². The second-order valence-electron chi connectivity index (χ2n) is 20.4. The summed E-state index contributed by atoms with van der Waals surface area (Å²) in [6.45, 7) is 11.2. The van der Waals surface area contributed by atoms with E-state index < -0.39 is 177 Å². The molecule has 0 unspecified atom stereocenters. The number of methoxy groups -OCH3 is 1. The third kappa shape index (κ3) is 16.0. The Morgan fingerprint density at radius 1 is 0.460 bits per heavy atom. The molecule has 5 aliphatic rings. The largest absolute Gasteiger partial charge is 0.469 e. The maximum Gasteiger partial charge on any atom is 0.305 e. The van der Waals surface area contributed by atoms with Crippen LogP contribution in [0.2, 0.25) is 0 Å². The molecular weight excluding hydrogens is 1150 g/mol. The van der Waals surface area contributed by atoms with Crippen molar-refractivity contribution in [2.75, 3.05) is 46.8 Å². The van der Waals surface area contributed by atoms with Crippen molar-refractivity contribution in [1.29, 1.82) is 0 Å². The highest BCUT2D eigenvalue weighted by Crippen LogP contribution is 2.41. The van der Waals surface area contributed by atoms with Crippen molar-refractivity contribution in [2.45, 2.75) is 159 Å². The summed E-state index contributed by atoms with van der Waals surface area (Å²) in [6.07, 6.45) is -17.6. The van der Waals surface area contributed by atoms with Gasteiger partial charge in [-0.3, -0.25) is 62.5 Å². The Labute approximate surface area is 499 Å². The lowest BCUT2D eigenvalue weighted by Gasteiger charge is -2.51. The van der Waals surface area contributed by atoms with Crippen LogP contribution in [-0.4, -0.2) is 214 Å². The van der Waals surface area contributed by atoms with E-state index in [0.29, 0.717) is 24.2 Å². The first-order chi connectivity index (χ1) is 41.6. The summed E-state index contributed by atoms with van der Waals surface area (Å²) in [5.41, 5.74) is -0.282. The molecule has 4 amide bonds. The summed E-state index contributed by atoms with van der Waals surface area (Å²) in [5, 5.41) is 0. The summed E-state index contributed by atoms with van der Waals surface area (Å²) in [7, 11) is 1.27. The van der Waals surface area contributed by atoms with Gasteiger partial charge in [0.05, 0.1) is 49.2 Å². The zero-order valence-corrected chi connectivity index (χ0v) is 48.9. The number of hydrogen-bond donors (Lipinski definition) is 0. The molecule has 87 heavy (non-hydrogen) atoms. The maximum atomic E-state index is 14.7. The quantitative estimate of drug-likeness (QED) is 0.0388. The van der Waals surface area contributed by atoms with Crippen molar-refractivity contribution in [3.8, 4) is 0 Å². The van der Waals surface area contributed by atoms with Gasteiger partial charge in [0.1, 0.15) is 61.9 Å². The molecule has 7 rings (SSSR count). The molecule has 28 nitrogen and oxygen atoms in total. The number of esters is 7. The molecule has 3 saturated heterocycles. The molecule has 0 aliphatic carbocycles. The second kappa shape index (κ2) is 30.7. The van der Waals surface area contributed by atoms with Gasteiger partial charge in [-0.25, -0.2) is 0 Å². The van der Waals surface area contributed by atoms with Crippen LogP contribution in [0.3, 0.4) is 0 Å². The van der Waals surface area contributed by atoms with Gasteiger partial charge in [-0.2, -0.15) is 0 Å². The average molecular weight is 1220 g/mol. The molecule has 15 atom stereocenters. The molecule has 0 spiro atoms. The Morgan fingerprint density at radius 3 is 1.29 bits per heavy atom. The van der Waals surface area contributed by atoms with Crippen molar-refractivity contribution < 1.29 is 124 Å². The van der Waals surface area contributed by atoms with Gasteiger partial charge in [0.2, 0.25) is 0 Å². The number of carbonyl (C=O) groups excluding carboxylic acids is 11. The summed E-state index contributed by atoms with van der Waals surface area (Å²) in [6, 6.07) is 7.84. The first-order valence-electron chi connectivity index (χ1n) is 27.9. The van der Waals surface area contributed by atoms with Crippen LogP contribution in [-0.2, 0) is 105 Å². The van der Waals surface area contributed by atoms with E-state index >= 15 is 0 Å². The minimum Gasteiger partial charge on any atom is -0.469 e. The van der Waals surface area contributed by atoms with Crippen LogP contribution in [0.4, 0.5) is 0 Å². The van der Waals surface area contributed by atoms with Gasteiger partial charge in [-0.05, 0) is 37.1 Å². The van der Waals surface area contributed by atoms with Gasteiger partial charge in [-0.15, -0.1) is 13.2 Å². The van der Waals surface area contributed by atoms with Gasteiger partial charge in [0.15, 0.2) is 43.3 Å². The Kier molecular flexibility index (Phi) is 23.5. The summed E-state index contributed by atoms with van der Waals surface area (Å²) < 4.78 is 91.6. The Bertz CT molecular complexity index is 2840. The van der Waals surface area contributed by atoms with Gasteiger partial charge in [-0.1, -0.05) is 42.8 Å². The summed E-state index contributed by atoms with van der Waals surface area (Å²) >= 11 is 0.